The van der Waals surface area contributed by atoms with Gasteiger partial charge in [-0.2, -0.15) is 13.2 Å². The molecule has 22 heavy (non-hydrogen) atoms. The van der Waals surface area contributed by atoms with Gasteiger partial charge in [-0.1, -0.05) is 0 Å². The van der Waals surface area contributed by atoms with Crippen LogP contribution in [0, 0.1) is 0 Å². The fourth-order valence-electron chi connectivity index (χ4n) is 2.58. The Kier molecular flexibility index (Phi) is 4.73. The Morgan fingerprint density at radius 1 is 1.18 bits per heavy atom. The summed E-state index contributed by atoms with van der Waals surface area (Å²) in [4.78, 5) is 24.1. The zero-order valence-corrected chi connectivity index (χ0v) is 12.1. The number of hydrogen-bond acceptors (Lipinski definition) is 2. The van der Waals surface area contributed by atoms with Gasteiger partial charge in [0, 0.05) is 24.7 Å². The summed E-state index contributed by atoms with van der Waals surface area (Å²) in [7, 11) is 0. The number of halogens is 3. The Balaban J connectivity index is 2.17. The molecule has 0 aromatic heterocycles. The van der Waals surface area contributed by atoms with Gasteiger partial charge in [-0.25, -0.2) is 0 Å². The number of piperidine rings is 1. The van der Waals surface area contributed by atoms with E-state index in [9.17, 15) is 22.8 Å². The minimum absolute atomic E-state index is 0.0563. The van der Waals surface area contributed by atoms with Crippen LogP contribution in [0.25, 0.3) is 0 Å². The number of carbonyl (C=O) groups is 2. The second-order valence-electron chi connectivity index (χ2n) is 5.31. The lowest BCUT2D eigenvalue weighted by atomic mass is 10.00. The van der Waals surface area contributed by atoms with Crippen LogP contribution in [-0.4, -0.2) is 35.5 Å². The average Bonchev–Trinajstić information content (AvgIpc) is 2.46. The lowest BCUT2D eigenvalue weighted by Crippen LogP contribution is -2.51. The molecular formula is C15H17F3N2O2. The zero-order chi connectivity index (χ0) is 16.3. The van der Waals surface area contributed by atoms with Gasteiger partial charge in [-0.3, -0.25) is 9.59 Å². The molecule has 7 heteroatoms. The van der Waals surface area contributed by atoms with Gasteiger partial charge < -0.3 is 10.2 Å². The largest absolute Gasteiger partial charge is 0.408 e. The predicted octanol–water partition coefficient (Wildman–Crippen LogP) is 3.20. The molecular weight excluding hydrogens is 297 g/mol. The van der Waals surface area contributed by atoms with Crippen LogP contribution in [0.5, 0.6) is 0 Å². The Morgan fingerprint density at radius 3 is 2.36 bits per heavy atom. The maximum Gasteiger partial charge on any atom is 0.408 e. The van der Waals surface area contributed by atoms with E-state index in [0.717, 1.165) is 4.90 Å². The zero-order valence-electron chi connectivity index (χ0n) is 12.1. The molecule has 1 unspecified atom stereocenters. The standard InChI is InChI=1S/C15H17F3N2O2/c1-10(21)19-12-7-5-11(6-8-12)14(22)20-9-3-2-4-13(20)15(16,17)18/h5-8,13H,2-4,9H2,1H3,(H,19,21). The summed E-state index contributed by atoms with van der Waals surface area (Å²) < 4.78 is 39.1. The Labute approximate surface area is 126 Å². The number of alkyl halides is 3. The molecule has 1 atom stereocenters. The third kappa shape index (κ3) is 3.78. The van der Waals surface area contributed by atoms with Crippen molar-refractivity contribution in [3.05, 3.63) is 29.8 Å². The number of rotatable bonds is 2. The van der Waals surface area contributed by atoms with Crippen molar-refractivity contribution in [1.29, 1.82) is 0 Å². The maximum absolute atomic E-state index is 13.0. The van der Waals surface area contributed by atoms with Gasteiger partial charge in [-0.15, -0.1) is 0 Å². The minimum atomic E-state index is -4.41. The van der Waals surface area contributed by atoms with E-state index in [1.165, 1.54) is 31.2 Å². The van der Waals surface area contributed by atoms with Gasteiger partial charge in [0.1, 0.15) is 6.04 Å². The van der Waals surface area contributed by atoms with Gasteiger partial charge in [0.25, 0.3) is 5.91 Å². The summed E-state index contributed by atoms with van der Waals surface area (Å²) in [6, 6.07) is 4.14. The number of anilines is 1. The molecule has 1 saturated heterocycles. The lowest BCUT2D eigenvalue weighted by Gasteiger charge is -2.36. The topological polar surface area (TPSA) is 49.4 Å². The third-order valence-electron chi connectivity index (χ3n) is 3.59. The maximum atomic E-state index is 13.0. The van der Waals surface area contributed by atoms with Crippen molar-refractivity contribution in [2.45, 2.75) is 38.4 Å². The summed E-state index contributed by atoms with van der Waals surface area (Å²) >= 11 is 0. The summed E-state index contributed by atoms with van der Waals surface area (Å²) in [6.07, 6.45) is -3.43. The van der Waals surface area contributed by atoms with Crippen molar-refractivity contribution in [3.8, 4) is 0 Å². The van der Waals surface area contributed by atoms with E-state index in [1.807, 2.05) is 0 Å². The van der Waals surface area contributed by atoms with Crippen LogP contribution >= 0.6 is 0 Å². The monoisotopic (exact) mass is 314 g/mol. The highest BCUT2D eigenvalue weighted by Crippen LogP contribution is 2.32. The molecule has 0 saturated carbocycles. The SMILES string of the molecule is CC(=O)Nc1ccc(C(=O)N2CCCCC2C(F)(F)F)cc1. The molecule has 1 fully saturated rings. The Hall–Kier alpha value is -2.05. The van der Waals surface area contributed by atoms with Crippen molar-refractivity contribution in [2.24, 2.45) is 0 Å². The van der Waals surface area contributed by atoms with Crippen LogP contribution < -0.4 is 5.32 Å². The number of nitrogens with one attached hydrogen (secondary N) is 1. The molecule has 1 N–H and O–H groups in total. The van der Waals surface area contributed by atoms with Crippen molar-refractivity contribution in [3.63, 3.8) is 0 Å². The van der Waals surface area contributed by atoms with Crippen molar-refractivity contribution < 1.29 is 22.8 Å². The first-order chi connectivity index (χ1) is 10.3. The van der Waals surface area contributed by atoms with E-state index >= 15 is 0 Å². The quantitative estimate of drug-likeness (QED) is 0.911. The summed E-state index contributed by atoms with van der Waals surface area (Å²) in [5, 5.41) is 2.54. The highest BCUT2D eigenvalue weighted by molar-refractivity contribution is 5.95. The highest BCUT2D eigenvalue weighted by atomic mass is 19.4. The molecule has 1 aromatic rings. The molecule has 1 heterocycles. The van der Waals surface area contributed by atoms with Crippen molar-refractivity contribution in [2.75, 3.05) is 11.9 Å². The molecule has 120 valence electrons. The van der Waals surface area contributed by atoms with Crippen LogP contribution in [-0.2, 0) is 4.79 Å². The molecule has 0 radical (unpaired) electrons. The minimum Gasteiger partial charge on any atom is -0.327 e. The molecule has 2 rings (SSSR count). The summed E-state index contributed by atoms with van der Waals surface area (Å²) in [5.74, 6) is -0.886. The first kappa shape index (κ1) is 16.3. The Bertz CT molecular complexity index is 555. The highest BCUT2D eigenvalue weighted by Gasteiger charge is 2.46. The normalized spacial score (nSPS) is 18.9. The van der Waals surface area contributed by atoms with Crippen molar-refractivity contribution >= 4 is 17.5 Å². The van der Waals surface area contributed by atoms with Crippen LogP contribution in [0.4, 0.5) is 18.9 Å². The lowest BCUT2D eigenvalue weighted by molar-refractivity contribution is -0.183. The van der Waals surface area contributed by atoms with Crippen LogP contribution in [0.15, 0.2) is 24.3 Å². The summed E-state index contributed by atoms with van der Waals surface area (Å²) in [6.45, 7) is 1.46. The molecule has 0 aliphatic carbocycles. The number of amides is 2. The molecule has 1 aliphatic rings. The second-order valence-corrected chi connectivity index (χ2v) is 5.31. The molecule has 1 aliphatic heterocycles. The average molecular weight is 314 g/mol. The van der Waals surface area contributed by atoms with Gasteiger partial charge in [-0.05, 0) is 43.5 Å². The van der Waals surface area contributed by atoms with Gasteiger partial charge in [0.15, 0.2) is 0 Å². The molecule has 4 nitrogen and oxygen atoms in total. The van der Waals surface area contributed by atoms with E-state index in [4.69, 9.17) is 0 Å². The molecule has 0 spiro atoms. The third-order valence-corrected chi connectivity index (χ3v) is 3.59. The number of hydrogen-bond donors (Lipinski definition) is 1. The predicted molar refractivity (Wildman–Crippen MR) is 75.5 cm³/mol. The van der Waals surface area contributed by atoms with E-state index in [0.29, 0.717) is 18.5 Å². The number of benzene rings is 1. The molecule has 0 bridgehead atoms. The van der Waals surface area contributed by atoms with Gasteiger partial charge >= 0.3 is 6.18 Å². The molecule has 2 amide bonds. The van der Waals surface area contributed by atoms with Crippen LogP contribution in [0.1, 0.15) is 36.5 Å². The van der Waals surface area contributed by atoms with Crippen LogP contribution in [0.3, 0.4) is 0 Å². The van der Waals surface area contributed by atoms with Crippen LogP contribution in [0.2, 0.25) is 0 Å². The van der Waals surface area contributed by atoms with E-state index in [-0.39, 0.29) is 24.4 Å². The first-order valence-corrected chi connectivity index (χ1v) is 7.04. The number of carbonyl (C=O) groups excluding carboxylic acids is 2. The smallest absolute Gasteiger partial charge is 0.327 e. The number of nitrogens with zero attached hydrogens (tertiary/aromatic N) is 1. The Morgan fingerprint density at radius 2 is 1.82 bits per heavy atom. The van der Waals surface area contributed by atoms with Crippen molar-refractivity contribution in [1.82, 2.24) is 4.90 Å². The molecule has 1 aromatic carbocycles. The number of likely N-dealkylation sites (tertiary alicyclic amines) is 1. The van der Waals surface area contributed by atoms with E-state index in [2.05, 4.69) is 5.32 Å². The fraction of sp³-hybridized carbons (Fsp3) is 0.467. The van der Waals surface area contributed by atoms with Gasteiger partial charge in [0.05, 0.1) is 0 Å². The van der Waals surface area contributed by atoms with Gasteiger partial charge in [0.2, 0.25) is 5.91 Å². The summed E-state index contributed by atoms with van der Waals surface area (Å²) in [5.41, 5.74) is 0.681. The van der Waals surface area contributed by atoms with E-state index < -0.39 is 18.1 Å². The van der Waals surface area contributed by atoms with E-state index in [1.54, 1.807) is 0 Å². The fourth-order valence-corrected chi connectivity index (χ4v) is 2.58. The second kappa shape index (κ2) is 6.37. The first-order valence-electron chi connectivity index (χ1n) is 7.04.